The minimum Gasteiger partial charge on any atom is -0.464 e. The smallest absolute Gasteiger partial charge is 0.323 e. The van der Waals surface area contributed by atoms with Gasteiger partial charge in [-0.15, -0.1) is 11.8 Å². The number of carbonyl (C=O) groups is 1. The molecule has 0 spiro atoms. The van der Waals surface area contributed by atoms with E-state index in [9.17, 15) is 14.9 Å². The van der Waals surface area contributed by atoms with Crippen molar-refractivity contribution in [3.8, 4) is 0 Å². The first-order chi connectivity index (χ1) is 13.5. The predicted molar refractivity (Wildman–Crippen MR) is 105 cm³/mol. The zero-order valence-corrected chi connectivity index (χ0v) is 16.2. The number of carbonyl (C=O) groups excluding carboxylic acids is 1. The first-order valence-corrected chi connectivity index (χ1v) is 9.50. The molecule has 1 heterocycles. The van der Waals surface area contributed by atoms with Crippen LogP contribution in [0, 0.1) is 10.1 Å². The van der Waals surface area contributed by atoms with Gasteiger partial charge in [0.1, 0.15) is 12.3 Å². The van der Waals surface area contributed by atoms with Crippen LogP contribution in [0.3, 0.4) is 0 Å². The van der Waals surface area contributed by atoms with Gasteiger partial charge in [-0.2, -0.15) is 0 Å². The van der Waals surface area contributed by atoms with Gasteiger partial charge in [-0.25, -0.2) is 4.63 Å². The number of hydrogen-bond acceptors (Lipinski definition) is 9. The van der Waals surface area contributed by atoms with Crippen LogP contribution in [0.25, 0.3) is 11.0 Å². The molecule has 11 heteroatoms. The summed E-state index contributed by atoms with van der Waals surface area (Å²) in [4.78, 5) is 22.5. The average Bonchev–Trinajstić information content (AvgIpc) is 3.13. The molecular formula is C17H15ClN4O5S. The van der Waals surface area contributed by atoms with Crippen LogP contribution in [0.5, 0.6) is 0 Å². The fourth-order valence-electron chi connectivity index (χ4n) is 2.45. The first-order valence-electron chi connectivity index (χ1n) is 8.14. The number of esters is 1. The molecule has 0 bridgehead atoms. The van der Waals surface area contributed by atoms with Gasteiger partial charge in [0.15, 0.2) is 5.52 Å². The van der Waals surface area contributed by atoms with E-state index in [-0.39, 0.29) is 30.0 Å². The van der Waals surface area contributed by atoms with E-state index in [1.54, 1.807) is 18.2 Å². The number of fused-ring (bicyclic) bond motifs is 1. The molecule has 0 fully saturated rings. The summed E-state index contributed by atoms with van der Waals surface area (Å²) >= 11 is 7.34. The lowest BCUT2D eigenvalue weighted by molar-refractivity contribution is -0.382. The Morgan fingerprint density at radius 3 is 2.71 bits per heavy atom. The molecule has 0 aliphatic heterocycles. The Bertz CT molecular complexity index is 1010. The Morgan fingerprint density at radius 2 is 2.04 bits per heavy atom. The van der Waals surface area contributed by atoms with Gasteiger partial charge in [0.25, 0.3) is 0 Å². The maximum atomic E-state index is 11.5. The second kappa shape index (κ2) is 8.89. The fraction of sp³-hybridized carbons (Fsp3) is 0.235. The molecular weight excluding hydrogens is 408 g/mol. The second-order valence-corrected chi connectivity index (χ2v) is 7.12. The summed E-state index contributed by atoms with van der Waals surface area (Å²) < 4.78 is 9.59. The van der Waals surface area contributed by atoms with E-state index in [0.29, 0.717) is 21.2 Å². The van der Waals surface area contributed by atoms with Crippen molar-refractivity contribution in [3.05, 3.63) is 51.0 Å². The monoisotopic (exact) mass is 422 g/mol. The summed E-state index contributed by atoms with van der Waals surface area (Å²) in [6, 6.07) is 9.01. The van der Waals surface area contributed by atoms with E-state index in [2.05, 4.69) is 15.6 Å². The number of halogens is 1. The number of hydrogen-bond donors (Lipinski definition) is 1. The first kappa shape index (κ1) is 19.9. The Labute approximate surface area is 168 Å². The molecule has 0 atom stereocenters. The van der Waals surface area contributed by atoms with Crippen LogP contribution >= 0.6 is 23.4 Å². The lowest BCUT2D eigenvalue weighted by atomic mass is 10.2. The molecule has 28 heavy (non-hydrogen) atoms. The third-order valence-electron chi connectivity index (χ3n) is 3.69. The molecule has 0 saturated carbocycles. The van der Waals surface area contributed by atoms with Crippen LogP contribution in [0.15, 0.2) is 39.9 Å². The van der Waals surface area contributed by atoms with Crippen molar-refractivity contribution in [2.45, 2.75) is 17.6 Å². The summed E-state index contributed by atoms with van der Waals surface area (Å²) in [6.07, 6.45) is 0. The predicted octanol–water partition coefficient (Wildman–Crippen LogP) is 4.05. The number of benzene rings is 2. The standard InChI is InChI=1S/C17H15ClN4O5S/c1-10(23)26-7-6-19-13-8-14(28-9-11-2-4-12(18)5-3-11)15-16(21-27-20-15)17(13)22(24)25/h2-5,8,19H,6-7,9H2,1H3. The highest BCUT2D eigenvalue weighted by Gasteiger charge is 2.25. The molecule has 0 aliphatic carbocycles. The van der Waals surface area contributed by atoms with E-state index in [1.807, 2.05) is 12.1 Å². The molecule has 9 nitrogen and oxygen atoms in total. The SMILES string of the molecule is CC(=O)OCCNc1cc(SCc2ccc(Cl)cc2)c2nonc2c1[N+](=O)[O-]. The zero-order valence-electron chi connectivity index (χ0n) is 14.7. The average molecular weight is 423 g/mol. The minimum atomic E-state index is -0.547. The molecule has 0 aliphatic rings. The number of nitrogens with zero attached hydrogens (tertiary/aromatic N) is 3. The van der Waals surface area contributed by atoms with Gasteiger partial charge < -0.3 is 10.1 Å². The van der Waals surface area contributed by atoms with Crippen molar-refractivity contribution < 1.29 is 19.1 Å². The Kier molecular flexibility index (Phi) is 6.32. The highest BCUT2D eigenvalue weighted by atomic mass is 35.5. The van der Waals surface area contributed by atoms with Crippen molar-refractivity contribution >= 4 is 51.7 Å². The molecule has 1 N–H and O–H groups in total. The van der Waals surface area contributed by atoms with Gasteiger partial charge in [0.05, 0.1) is 4.92 Å². The third-order valence-corrected chi connectivity index (χ3v) is 5.04. The van der Waals surface area contributed by atoms with Crippen molar-refractivity contribution in [1.29, 1.82) is 0 Å². The third kappa shape index (κ3) is 4.70. The number of anilines is 1. The normalized spacial score (nSPS) is 10.8. The summed E-state index contributed by atoms with van der Waals surface area (Å²) in [5, 5.41) is 22.6. The Morgan fingerprint density at radius 1 is 1.32 bits per heavy atom. The second-order valence-electron chi connectivity index (χ2n) is 5.67. The number of nitro groups is 1. The van der Waals surface area contributed by atoms with Crippen molar-refractivity contribution in [1.82, 2.24) is 10.3 Å². The van der Waals surface area contributed by atoms with E-state index in [1.165, 1.54) is 18.7 Å². The van der Waals surface area contributed by atoms with E-state index in [0.717, 1.165) is 5.56 Å². The van der Waals surface area contributed by atoms with Crippen LogP contribution < -0.4 is 5.32 Å². The highest BCUT2D eigenvalue weighted by Crippen LogP contribution is 2.39. The Balaban J connectivity index is 1.87. The largest absolute Gasteiger partial charge is 0.464 e. The molecule has 0 amide bonds. The fourth-order valence-corrected chi connectivity index (χ4v) is 3.57. The van der Waals surface area contributed by atoms with E-state index >= 15 is 0 Å². The number of ether oxygens (including phenoxy) is 1. The molecule has 3 rings (SSSR count). The van der Waals surface area contributed by atoms with Crippen LogP contribution in [0.2, 0.25) is 5.02 Å². The summed E-state index contributed by atoms with van der Waals surface area (Å²) in [5.74, 6) is 0.177. The number of aromatic nitrogens is 2. The van der Waals surface area contributed by atoms with Crippen LogP contribution in [0.1, 0.15) is 12.5 Å². The molecule has 146 valence electrons. The van der Waals surface area contributed by atoms with Crippen LogP contribution in [-0.2, 0) is 15.3 Å². The lowest BCUT2D eigenvalue weighted by Crippen LogP contribution is -2.13. The van der Waals surface area contributed by atoms with Crippen LogP contribution in [0.4, 0.5) is 11.4 Å². The topological polar surface area (TPSA) is 120 Å². The summed E-state index contributed by atoms with van der Waals surface area (Å²) in [6.45, 7) is 1.58. The van der Waals surface area contributed by atoms with E-state index in [4.69, 9.17) is 21.0 Å². The van der Waals surface area contributed by atoms with Gasteiger partial charge >= 0.3 is 11.7 Å². The number of nitrogens with one attached hydrogen (secondary N) is 1. The summed E-state index contributed by atoms with van der Waals surface area (Å²) in [5.41, 5.74) is 1.41. The van der Waals surface area contributed by atoms with Gasteiger partial charge in [0.2, 0.25) is 5.52 Å². The molecule has 3 aromatic rings. The van der Waals surface area contributed by atoms with E-state index < -0.39 is 10.9 Å². The number of nitro benzene ring substituents is 1. The Hall–Kier alpha value is -2.85. The quantitative estimate of drug-likeness (QED) is 0.188. The van der Waals surface area contributed by atoms with Gasteiger partial charge in [-0.3, -0.25) is 14.9 Å². The molecule has 0 radical (unpaired) electrons. The molecule has 2 aromatic carbocycles. The maximum Gasteiger partial charge on any atom is 0.323 e. The van der Waals surface area contributed by atoms with Crippen molar-refractivity contribution in [2.24, 2.45) is 0 Å². The van der Waals surface area contributed by atoms with Crippen LogP contribution in [-0.4, -0.2) is 34.4 Å². The lowest BCUT2D eigenvalue weighted by Gasteiger charge is -2.10. The molecule has 0 unspecified atom stereocenters. The minimum absolute atomic E-state index is 0.0566. The maximum absolute atomic E-state index is 11.5. The number of rotatable bonds is 8. The molecule has 1 aromatic heterocycles. The van der Waals surface area contributed by atoms with Crippen molar-refractivity contribution in [3.63, 3.8) is 0 Å². The van der Waals surface area contributed by atoms with Gasteiger partial charge in [-0.1, -0.05) is 23.7 Å². The highest BCUT2D eigenvalue weighted by molar-refractivity contribution is 7.98. The molecule has 0 saturated heterocycles. The van der Waals surface area contributed by atoms with Gasteiger partial charge in [0, 0.05) is 29.1 Å². The number of thioether (sulfide) groups is 1. The summed E-state index contributed by atoms with van der Waals surface area (Å²) in [7, 11) is 0. The van der Waals surface area contributed by atoms with Crippen molar-refractivity contribution in [2.75, 3.05) is 18.5 Å². The van der Waals surface area contributed by atoms with Gasteiger partial charge in [-0.05, 0) is 34.1 Å². The zero-order chi connectivity index (χ0) is 20.1.